The number of hydrogen-bond donors (Lipinski definition) is 0. The van der Waals surface area contributed by atoms with E-state index in [4.69, 9.17) is 0 Å². The van der Waals surface area contributed by atoms with Crippen LogP contribution in [0.3, 0.4) is 0 Å². The molecule has 0 radical (unpaired) electrons. The number of rotatable bonds is 3. The summed E-state index contributed by atoms with van der Waals surface area (Å²) < 4.78 is 14.7. The third-order valence-corrected chi connectivity index (χ3v) is 4.45. The molecule has 2 rings (SSSR count). The Morgan fingerprint density at radius 2 is 2.38 bits per heavy atom. The van der Waals surface area contributed by atoms with E-state index in [-0.39, 0.29) is 5.92 Å². The predicted octanol–water partition coefficient (Wildman–Crippen LogP) is 3.44. The Morgan fingerprint density at radius 3 is 3.00 bits per heavy atom. The van der Waals surface area contributed by atoms with E-state index in [0.717, 1.165) is 24.2 Å². The molecule has 3 heteroatoms. The van der Waals surface area contributed by atoms with Crippen molar-refractivity contribution in [1.29, 1.82) is 0 Å². The molecule has 1 aromatic carbocycles. The van der Waals surface area contributed by atoms with Crippen LogP contribution in [0.15, 0.2) is 24.3 Å². The number of carbonyl (C=O) groups is 1. The van der Waals surface area contributed by atoms with Gasteiger partial charge in [0.15, 0.2) is 0 Å². The number of carbonyl (C=O) groups excluding carboxylic acids is 1. The van der Waals surface area contributed by atoms with Gasteiger partial charge in [0, 0.05) is 11.5 Å². The maximum Gasteiger partial charge on any atom is 0.150 e. The molecule has 0 aliphatic carbocycles. The first kappa shape index (κ1) is 11.6. The number of halogens is 1. The molecule has 1 fully saturated rings. The van der Waals surface area contributed by atoms with E-state index in [9.17, 15) is 9.18 Å². The highest BCUT2D eigenvalue weighted by atomic mass is 32.2. The topological polar surface area (TPSA) is 17.1 Å². The van der Waals surface area contributed by atoms with Crippen molar-refractivity contribution in [3.8, 4) is 0 Å². The lowest BCUT2D eigenvalue weighted by molar-refractivity contribution is 0.111. The van der Waals surface area contributed by atoms with Crippen molar-refractivity contribution in [1.82, 2.24) is 0 Å². The second kappa shape index (κ2) is 4.58. The highest BCUT2D eigenvalue weighted by Gasteiger charge is 2.38. The summed E-state index contributed by atoms with van der Waals surface area (Å²) in [5, 5.41) is 0. The quantitative estimate of drug-likeness (QED) is 0.750. The average Bonchev–Trinajstić information content (AvgIpc) is 2.83. The smallest absolute Gasteiger partial charge is 0.150 e. The maximum atomic E-state index is 14.7. The monoisotopic (exact) mass is 238 g/mol. The molecule has 1 heterocycles. The minimum Gasteiger partial charge on any atom is -0.298 e. The van der Waals surface area contributed by atoms with Crippen LogP contribution in [-0.2, 0) is 5.67 Å². The van der Waals surface area contributed by atoms with Crippen molar-refractivity contribution in [2.24, 2.45) is 5.92 Å². The van der Waals surface area contributed by atoms with Crippen LogP contribution < -0.4 is 0 Å². The zero-order valence-corrected chi connectivity index (χ0v) is 10.1. The second-order valence-electron chi connectivity index (χ2n) is 4.38. The van der Waals surface area contributed by atoms with Gasteiger partial charge in [0.25, 0.3) is 0 Å². The molecule has 0 bridgehead atoms. The van der Waals surface area contributed by atoms with Gasteiger partial charge in [-0.05, 0) is 36.5 Å². The molecule has 0 amide bonds. The Labute approximate surface area is 99.4 Å². The van der Waals surface area contributed by atoms with Crippen LogP contribution in [0.1, 0.15) is 29.3 Å². The maximum absolute atomic E-state index is 14.7. The number of aldehydes is 1. The summed E-state index contributed by atoms with van der Waals surface area (Å²) in [6, 6.07) is 6.89. The van der Waals surface area contributed by atoms with Gasteiger partial charge in [-0.25, -0.2) is 4.39 Å². The third kappa shape index (κ3) is 2.14. The molecular formula is C13H15FOS. The molecular weight excluding hydrogens is 223 g/mol. The Hall–Kier alpha value is -0.830. The van der Waals surface area contributed by atoms with E-state index in [0.29, 0.717) is 11.1 Å². The Kier molecular flexibility index (Phi) is 3.33. The van der Waals surface area contributed by atoms with Crippen molar-refractivity contribution < 1.29 is 9.18 Å². The molecule has 0 aromatic heterocycles. The summed E-state index contributed by atoms with van der Waals surface area (Å²) in [5.41, 5.74) is -0.140. The highest BCUT2D eigenvalue weighted by molar-refractivity contribution is 7.99. The fourth-order valence-corrected chi connectivity index (χ4v) is 3.50. The van der Waals surface area contributed by atoms with Gasteiger partial charge in [-0.15, -0.1) is 0 Å². The summed E-state index contributed by atoms with van der Waals surface area (Å²) in [5.74, 6) is 1.98. The molecule has 0 N–H and O–H groups in total. The lowest BCUT2D eigenvalue weighted by atomic mass is 9.83. The summed E-state index contributed by atoms with van der Waals surface area (Å²) in [4.78, 5) is 10.7. The summed E-state index contributed by atoms with van der Waals surface area (Å²) in [6.45, 7) is 1.63. The van der Waals surface area contributed by atoms with Crippen molar-refractivity contribution in [3.63, 3.8) is 0 Å². The minimum atomic E-state index is -1.32. The van der Waals surface area contributed by atoms with Crippen LogP contribution in [0, 0.1) is 5.92 Å². The van der Waals surface area contributed by atoms with Crippen LogP contribution in [0.4, 0.5) is 4.39 Å². The molecule has 1 aliphatic rings. The SMILES string of the molecule is CC(F)(c1cccc(C=O)c1)C1CCSC1. The van der Waals surface area contributed by atoms with Gasteiger partial charge in [0.2, 0.25) is 0 Å². The van der Waals surface area contributed by atoms with Crippen LogP contribution in [-0.4, -0.2) is 17.8 Å². The van der Waals surface area contributed by atoms with Crippen molar-refractivity contribution in [2.45, 2.75) is 19.0 Å². The number of thioether (sulfide) groups is 1. The fraction of sp³-hybridized carbons (Fsp3) is 0.462. The highest BCUT2D eigenvalue weighted by Crippen LogP contribution is 2.41. The normalized spacial score (nSPS) is 24.0. The van der Waals surface area contributed by atoms with Crippen molar-refractivity contribution in [2.75, 3.05) is 11.5 Å². The van der Waals surface area contributed by atoms with Crippen molar-refractivity contribution in [3.05, 3.63) is 35.4 Å². The Morgan fingerprint density at radius 1 is 1.56 bits per heavy atom. The third-order valence-electron chi connectivity index (χ3n) is 3.28. The van der Waals surface area contributed by atoms with Crippen LogP contribution >= 0.6 is 11.8 Å². The zero-order chi connectivity index (χ0) is 11.6. The van der Waals surface area contributed by atoms with Crippen LogP contribution in [0.2, 0.25) is 0 Å². The molecule has 0 spiro atoms. The molecule has 0 saturated carbocycles. The molecule has 1 aliphatic heterocycles. The number of hydrogen-bond acceptors (Lipinski definition) is 2. The lowest BCUT2D eigenvalue weighted by Gasteiger charge is -2.27. The first-order valence-electron chi connectivity index (χ1n) is 5.47. The molecule has 2 unspecified atom stereocenters. The zero-order valence-electron chi connectivity index (χ0n) is 9.28. The van der Waals surface area contributed by atoms with E-state index >= 15 is 0 Å². The molecule has 86 valence electrons. The van der Waals surface area contributed by atoms with E-state index in [1.54, 1.807) is 43.0 Å². The van der Waals surface area contributed by atoms with E-state index < -0.39 is 5.67 Å². The number of benzene rings is 1. The summed E-state index contributed by atoms with van der Waals surface area (Å²) in [6.07, 6.45) is 1.69. The standard InChI is InChI=1S/C13H15FOS/c1-13(14,12-5-6-16-9-12)11-4-2-3-10(7-11)8-15/h2-4,7-8,12H,5-6,9H2,1H3. The Bertz CT molecular complexity index is 383. The lowest BCUT2D eigenvalue weighted by Crippen LogP contribution is -2.27. The van der Waals surface area contributed by atoms with Gasteiger partial charge in [0.1, 0.15) is 12.0 Å². The molecule has 1 aromatic rings. The van der Waals surface area contributed by atoms with E-state index in [1.807, 2.05) is 0 Å². The molecule has 1 saturated heterocycles. The fourth-order valence-electron chi connectivity index (χ4n) is 2.11. The van der Waals surface area contributed by atoms with Gasteiger partial charge in [-0.1, -0.05) is 18.2 Å². The van der Waals surface area contributed by atoms with Crippen LogP contribution in [0.25, 0.3) is 0 Å². The predicted molar refractivity (Wildman–Crippen MR) is 65.7 cm³/mol. The number of alkyl halides is 1. The van der Waals surface area contributed by atoms with Gasteiger partial charge in [0.05, 0.1) is 0 Å². The minimum absolute atomic E-state index is 0.0689. The van der Waals surface area contributed by atoms with Gasteiger partial charge >= 0.3 is 0 Å². The average molecular weight is 238 g/mol. The summed E-state index contributed by atoms with van der Waals surface area (Å²) >= 11 is 1.80. The van der Waals surface area contributed by atoms with Crippen LogP contribution in [0.5, 0.6) is 0 Å². The summed E-state index contributed by atoms with van der Waals surface area (Å²) in [7, 11) is 0. The first-order valence-corrected chi connectivity index (χ1v) is 6.62. The molecule has 2 atom stereocenters. The van der Waals surface area contributed by atoms with E-state index in [1.165, 1.54) is 0 Å². The van der Waals surface area contributed by atoms with Gasteiger partial charge in [-0.2, -0.15) is 11.8 Å². The Balaban J connectivity index is 2.29. The largest absolute Gasteiger partial charge is 0.298 e. The first-order chi connectivity index (χ1) is 7.64. The van der Waals surface area contributed by atoms with Gasteiger partial charge < -0.3 is 0 Å². The molecule has 16 heavy (non-hydrogen) atoms. The van der Waals surface area contributed by atoms with Crippen molar-refractivity contribution >= 4 is 18.0 Å². The van der Waals surface area contributed by atoms with E-state index in [2.05, 4.69) is 0 Å². The second-order valence-corrected chi connectivity index (χ2v) is 5.53. The molecule has 1 nitrogen and oxygen atoms in total. The van der Waals surface area contributed by atoms with Gasteiger partial charge in [-0.3, -0.25) is 4.79 Å².